The molecule has 17 heavy (non-hydrogen) atoms. The maximum absolute atomic E-state index is 5.79. The maximum Gasteiger partial charge on any atom is 0.0702 e. The van der Waals surface area contributed by atoms with E-state index in [1.807, 2.05) is 0 Å². The van der Waals surface area contributed by atoms with Gasteiger partial charge in [-0.25, -0.2) is 0 Å². The number of piperidine rings is 1. The Morgan fingerprint density at radius 3 is 2.59 bits per heavy atom. The Hall–Kier alpha value is -0.120. The van der Waals surface area contributed by atoms with Crippen LogP contribution in [-0.2, 0) is 4.74 Å². The fourth-order valence-corrected chi connectivity index (χ4v) is 3.23. The lowest BCUT2D eigenvalue weighted by atomic mass is 10.0. The van der Waals surface area contributed by atoms with Gasteiger partial charge in [-0.2, -0.15) is 0 Å². The smallest absolute Gasteiger partial charge is 0.0702 e. The van der Waals surface area contributed by atoms with Crippen LogP contribution in [0.1, 0.15) is 44.9 Å². The Bertz CT molecular complexity index is 230. The predicted octanol–water partition coefficient (Wildman–Crippen LogP) is 1.77. The highest BCUT2D eigenvalue weighted by Gasteiger charge is 2.33. The number of hydrogen-bond donors (Lipinski definition) is 1. The predicted molar refractivity (Wildman–Crippen MR) is 69.2 cm³/mol. The molecule has 0 bridgehead atoms. The zero-order valence-corrected chi connectivity index (χ0v) is 10.9. The largest absolute Gasteiger partial charge is 0.377 e. The molecule has 1 saturated carbocycles. The molecule has 3 heteroatoms. The van der Waals surface area contributed by atoms with Crippen molar-refractivity contribution in [2.75, 3.05) is 26.2 Å². The van der Waals surface area contributed by atoms with Gasteiger partial charge in [0.15, 0.2) is 0 Å². The highest BCUT2D eigenvalue weighted by molar-refractivity contribution is 4.89. The van der Waals surface area contributed by atoms with Crippen LogP contribution in [0.5, 0.6) is 0 Å². The van der Waals surface area contributed by atoms with Gasteiger partial charge in [0.05, 0.1) is 6.10 Å². The first-order chi connectivity index (χ1) is 8.42. The third kappa shape index (κ3) is 3.43. The summed E-state index contributed by atoms with van der Waals surface area (Å²) >= 11 is 0. The number of hydrogen-bond acceptors (Lipinski definition) is 3. The molecule has 0 aromatic carbocycles. The van der Waals surface area contributed by atoms with Crippen LogP contribution in [0.2, 0.25) is 0 Å². The Kier molecular flexibility index (Phi) is 3.99. The van der Waals surface area contributed by atoms with E-state index in [-0.39, 0.29) is 0 Å². The molecule has 0 spiro atoms. The molecule has 3 aliphatic rings. The van der Waals surface area contributed by atoms with Crippen LogP contribution in [0.4, 0.5) is 0 Å². The minimum absolute atomic E-state index is 0.527. The molecule has 0 radical (unpaired) electrons. The second kappa shape index (κ2) is 5.68. The average Bonchev–Trinajstić information content (AvgIpc) is 3.09. The Morgan fingerprint density at radius 1 is 1.00 bits per heavy atom. The van der Waals surface area contributed by atoms with Crippen molar-refractivity contribution >= 4 is 0 Å². The Labute approximate surface area is 105 Å². The monoisotopic (exact) mass is 238 g/mol. The molecule has 3 nitrogen and oxygen atoms in total. The van der Waals surface area contributed by atoms with Gasteiger partial charge in [0.1, 0.15) is 0 Å². The SMILES string of the molecule is C1CCC(CN(CC2CCCO2)C2CC2)NC1. The second-order valence-corrected chi connectivity index (χ2v) is 5.97. The van der Waals surface area contributed by atoms with Crippen molar-refractivity contribution in [3.8, 4) is 0 Å². The standard InChI is InChI=1S/C14H26N2O/c1-2-8-15-12(4-1)10-16(13-6-7-13)11-14-5-3-9-17-14/h12-15H,1-11H2. The first kappa shape index (κ1) is 11.9. The van der Waals surface area contributed by atoms with Crippen LogP contribution >= 0.6 is 0 Å². The first-order valence-electron chi connectivity index (χ1n) is 7.51. The van der Waals surface area contributed by atoms with E-state index in [0.29, 0.717) is 6.10 Å². The Morgan fingerprint density at radius 2 is 1.94 bits per heavy atom. The minimum Gasteiger partial charge on any atom is -0.377 e. The normalized spacial score (nSPS) is 34.4. The summed E-state index contributed by atoms with van der Waals surface area (Å²) in [6.45, 7) is 4.65. The van der Waals surface area contributed by atoms with Gasteiger partial charge in [-0.3, -0.25) is 4.90 Å². The third-order valence-corrected chi connectivity index (χ3v) is 4.39. The van der Waals surface area contributed by atoms with Crippen molar-refractivity contribution in [2.45, 2.75) is 63.1 Å². The van der Waals surface area contributed by atoms with E-state index in [9.17, 15) is 0 Å². The lowest BCUT2D eigenvalue weighted by molar-refractivity contribution is 0.0654. The van der Waals surface area contributed by atoms with Gasteiger partial charge < -0.3 is 10.1 Å². The van der Waals surface area contributed by atoms with E-state index in [4.69, 9.17) is 4.74 Å². The van der Waals surface area contributed by atoms with Gasteiger partial charge in [0.25, 0.3) is 0 Å². The lowest BCUT2D eigenvalue weighted by Crippen LogP contribution is -2.46. The lowest BCUT2D eigenvalue weighted by Gasteiger charge is -2.32. The number of rotatable bonds is 5. The van der Waals surface area contributed by atoms with Crippen LogP contribution in [0.3, 0.4) is 0 Å². The zero-order valence-electron chi connectivity index (χ0n) is 10.9. The van der Waals surface area contributed by atoms with Crippen LogP contribution < -0.4 is 5.32 Å². The van der Waals surface area contributed by atoms with Crippen LogP contribution in [-0.4, -0.2) is 49.3 Å². The van der Waals surface area contributed by atoms with Crippen molar-refractivity contribution in [3.63, 3.8) is 0 Å². The van der Waals surface area contributed by atoms with E-state index >= 15 is 0 Å². The molecule has 0 amide bonds. The summed E-state index contributed by atoms with van der Waals surface area (Å²) in [6.07, 6.45) is 10.1. The van der Waals surface area contributed by atoms with Gasteiger partial charge in [-0.15, -0.1) is 0 Å². The summed E-state index contributed by atoms with van der Waals surface area (Å²) in [5.41, 5.74) is 0. The minimum atomic E-state index is 0.527. The summed E-state index contributed by atoms with van der Waals surface area (Å²) < 4.78 is 5.79. The van der Waals surface area contributed by atoms with E-state index < -0.39 is 0 Å². The number of nitrogens with one attached hydrogen (secondary N) is 1. The quantitative estimate of drug-likeness (QED) is 0.790. The molecule has 2 unspecified atom stereocenters. The Balaban J connectivity index is 1.48. The molecule has 1 aliphatic carbocycles. The molecule has 3 rings (SSSR count). The van der Waals surface area contributed by atoms with E-state index in [2.05, 4.69) is 10.2 Å². The fraction of sp³-hybridized carbons (Fsp3) is 1.00. The van der Waals surface area contributed by atoms with Crippen molar-refractivity contribution in [1.29, 1.82) is 0 Å². The molecule has 98 valence electrons. The molecular formula is C14H26N2O. The van der Waals surface area contributed by atoms with Crippen molar-refractivity contribution in [2.24, 2.45) is 0 Å². The molecule has 1 N–H and O–H groups in total. The average molecular weight is 238 g/mol. The second-order valence-electron chi connectivity index (χ2n) is 5.97. The summed E-state index contributed by atoms with van der Waals surface area (Å²) in [6, 6.07) is 1.62. The van der Waals surface area contributed by atoms with Crippen molar-refractivity contribution in [1.82, 2.24) is 10.2 Å². The summed E-state index contributed by atoms with van der Waals surface area (Å²) in [7, 11) is 0. The van der Waals surface area contributed by atoms with Crippen LogP contribution in [0, 0.1) is 0 Å². The summed E-state index contributed by atoms with van der Waals surface area (Å²) in [5, 5.41) is 3.67. The highest BCUT2D eigenvalue weighted by Crippen LogP contribution is 2.29. The van der Waals surface area contributed by atoms with Crippen LogP contribution in [0.25, 0.3) is 0 Å². The third-order valence-electron chi connectivity index (χ3n) is 4.39. The fourth-order valence-electron chi connectivity index (χ4n) is 3.23. The molecule has 2 atom stereocenters. The van der Waals surface area contributed by atoms with Gasteiger partial charge in [-0.1, -0.05) is 6.42 Å². The van der Waals surface area contributed by atoms with E-state index in [1.165, 1.54) is 64.6 Å². The van der Waals surface area contributed by atoms with Gasteiger partial charge in [0, 0.05) is 31.8 Å². The zero-order chi connectivity index (χ0) is 11.5. The van der Waals surface area contributed by atoms with Crippen LogP contribution in [0.15, 0.2) is 0 Å². The maximum atomic E-state index is 5.79. The topological polar surface area (TPSA) is 24.5 Å². The van der Waals surface area contributed by atoms with E-state index in [0.717, 1.165) is 18.7 Å². The van der Waals surface area contributed by atoms with Crippen molar-refractivity contribution in [3.05, 3.63) is 0 Å². The van der Waals surface area contributed by atoms with Gasteiger partial charge >= 0.3 is 0 Å². The highest BCUT2D eigenvalue weighted by atomic mass is 16.5. The molecule has 3 fully saturated rings. The molecule has 2 heterocycles. The molecular weight excluding hydrogens is 212 g/mol. The van der Waals surface area contributed by atoms with Gasteiger partial charge in [0.2, 0.25) is 0 Å². The van der Waals surface area contributed by atoms with Crippen molar-refractivity contribution < 1.29 is 4.74 Å². The molecule has 0 aromatic heterocycles. The summed E-state index contributed by atoms with van der Waals surface area (Å²) in [4.78, 5) is 2.71. The first-order valence-corrected chi connectivity index (χ1v) is 7.51. The number of nitrogens with zero attached hydrogens (tertiary/aromatic N) is 1. The van der Waals surface area contributed by atoms with E-state index in [1.54, 1.807) is 0 Å². The van der Waals surface area contributed by atoms with Gasteiger partial charge in [-0.05, 0) is 45.1 Å². The number of ether oxygens (including phenoxy) is 1. The molecule has 0 aromatic rings. The summed E-state index contributed by atoms with van der Waals surface area (Å²) in [5.74, 6) is 0. The molecule has 2 aliphatic heterocycles. The molecule has 2 saturated heterocycles.